The molecule has 2 heterocycles. The molecule has 31 heavy (non-hydrogen) atoms. The van der Waals surface area contributed by atoms with E-state index in [1.807, 2.05) is 92.6 Å². The molecule has 0 radical (unpaired) electrons. The molecule has 0 saturated heterocycles. The van der Waals surface area contributed by atoms with Gasteiger partial charge in [-0.15, -0.1) is 5.10 Å². The number of nitrogens with one attached hydrogen (secondary N) is 1. The second kappa shape index (κ2) is 8.87. The molecule has 0 atom stereocenters. The number of rotatable bonds is 7. The summed E-state index contributed by atoms with van der Waals surface area (Å²) in [5.41, 5.74) is 7.59. The number of hydrogen-bond donors (Lipinski definition) is 1. The predicted molar refractivity (Wildman–Crippen MR) is 121 cm³/mol. The maximum atomic E-state index is 12.7. The van der Waals surface area contributed by atoms with E-state index in [2.05, 4.69) is 15.5 Å². The zero-order valence-electron chi connectivity index (χ0n) is 17.9. The molecule has 0 unspecified atom stereocenters. The lowest BCUT2D eigenvalue weighted by Gasteiger charge is -2.25. The summed E-state index contributed by atoms with van der Waals surface area (Å²) in [6.07, 6.45) is 0. The van der Waals surface area contributed by atoms with Crippen LogP contribution in [0.25, 0.3) is 11.0 Å². The first kappa shape index (κ1) is 20.4. The number of nitrogens with zero attached hydrogens (tertiary/aromatic N) is 4. The molecule has 4 rings (SSSR count). The Hall–Kier alpha value is -3.87. The average molecular weight is 415 g/mol. The monoisotopic (exact) mass is 415 g/mol. The molecule has 0 aliphatic rings. The number of fused-ring (bicyclic) bond motifs is 1. The summed E-state index contributed by atoms with van der Waals surface area (Å²) >= 11 is 0. The van der Waals surface area contributed by atoms with E-state index in [9.17, 15) is 4.79 Å². The Bertz CT molecular complexity index is 1190. The van der Waals surface area contributed by atoms with Gasteiger partial charge in [-0.3, -0.25) is 15.2 Å². The molecule has 158 valence electrons. The van der Waals surface area contributed by atoms with Gasteiger partial charge in [-0.2, -0.15) is 0 Å². The molecule has 2 aromatic carbocycles. The highest BCUT2D eigenvalue weighted by atomic mass is 16.5. The zero-order valence-corrected chi connectivity index (χ0v) is 17.9. The minimum absolute atomic E-state index is 0.155. The van der Waals surface area contributed by atoms with Crippen molar-refractivity contribution in [2.75, 3.05) is 11.6 Å². The van der Waals surface area contributed by atoms with Crippen LogP contribution in [0.5, 0.6) is 5.88 Å². The molecule has 0 saturated carbocycles. The first-order valence-electron chi connectivity index (χ1n) is 10.1. The maximum absolute atomic E-state index is 12.7. The van der Waals surface area contributed by atoms with Crippen LogP contribution in [0.15, 0.2) is 66.7 Å². The van der Waals surface area contributed by atoms with Crippen molar-refractivity contribution in [3.8, 4) is 5.88 Å². The van der Waals surface area contributed by atoms with E-state index < -0.39 is 0 Å². The zero-order chi connectivity index (χ0) is 21.8. The van der Waals surface area contributed by atoms with Crippen LogP contribution < -0.4 is 15.2 Å². The van der Waals surface area contributed by atoms with Gasteiger partial charge >= 0.3 is 0 Å². The quantitative estimate of drug-likeness (QED) is 0.466. The highest BCUT2D eigenvalue weighted by Crippen LogP contribution is 2.27. The molecule has 0 spiro atoms. The summed E-state index contributed by atoms with van der Waals surface area (Å²) in [6.45, 7) is 4.31. The largest absolute Gasteiger partial charge is 0.466 e. The summed E-state index contributed by atoms with van der Waals surface area (Å²) < 4.78 is 7.47. The molecule has 4 aromatic rings. The molecular weight excluding hydrogens is 390 g/mol. The van der Waals surface area contributed by atoms with Gasteiger partial charge < -0.3 is 4.74 Å². The predicted octanol–water partition coefficient (Wildman–Crippen LogP) is 3.70. The van der Waals surface area contributed by atoms with Crippen molar-refractivity contribution in [1.29, 1.82) is 0 Å². The fourth-order valence-electron chi connectivity index (χ4n) is 3.54. The van der Waals surface area contributed by atoms with Gasteiger partial charge in [0.25, 0.3) is 5.91 Å². The second-order valence-electron chi connectivity index (χ2n) is 7.44. The minimum Gasteiger partial charge on any atom is -0.466 e. The van der Waals surface area contributed by atoms with Crippen LogP contribution in [-0.4, -0.2) is 27.3 Å². The average Bonchev–Trinajstić information content (AvgIpc) is 3.09. The standard InChI is InChI=1S/C24H25N5O2/c1-17-14-18(2)25-23-22(17)24(27-28(23)3)31-16-21(30)26-29(20-12-8-5-9-13-20)15-19-10-6-4-7-11-19/h4-14H,15-16H2,1-3H3,(H,26,30). The van der Waals surface area contributed by atoms with Crippen molar-refractivity contribution < 1.29 is 9.53 Å². The Morgan fingerprint density at radius 2 is 1.74 bits per heavy atom. The number of aryl methyl sites for hydroxylation is 3. The lowest BCUT2D eigenvalue weighted by Crippen LogP contribution is -2.44. The number of carbonyl (C=O) groups is 1. The molecule has 1 N–H and O–H groups in total. The van der Waals surface area contributed by atoms with Gasteiger partial charge in [0.2, 0.25) is 5.88 Å². The van der Waals surface area contributed by atoms with Crippen molar-refractivity contribution >= 4 is 22.6 Å². The van der Waals surface area contributed by atoms with Crippen molar-refractivity contribution in [3.63, 3.8) is 0 Å². The van der Waals surface area contributed by atoms with E-state index >= 15 is 0 Å². The normalized spacial score (nSPS) is 10.8. The lowest BCUT2D eigenvalue weighted by atomic mass is 10.2. The summed E-state index contributed by atoms with van der Waals surface area (Å²) in [5, 5.41) is 7.04. The lowest BCUT2D eigenvalue weighted by molar-refractivity contribution is -0.123. The van der Waals surface area contributed by atoms with E-state index in [4.69, 9.17) is 4.74 Å². The molecule has 7 nitrogen and oxygen atoms in total. The van der Waals surface area contributed by atoms with Gasteiger partial charge in [0.1, 0.15) is 0 Å². The first-order chi connectivity index (χ1) is 15.0. The number of hydrazine groups is 1. The van der Waals surface area contributed by atoms with E-state index in [0.717, 1.165) is 33.5 Å². The van der Waals surface area contributed by atoms with E-state index in [-0.39, 0.29) is 12.5 Å². The fourth-order valence-corrected chi connectivity index (χ4v) is 3.54. The van der Waals surface area contributed by atoms with Crippen molar-refractivity contribution in [2.24, 2.45) is 7.05 Å². The number of carbonyl (C=O) groups excluding carboxylic acids is 1. The van der Waals surface area contributed by atoms with Crippen LogP contribution in [-0.2, 0) is 18.4 Å². The topological polar surface area (TPSA) is 72.3 Å². The third-order valence-electron chi connectivity index (χ3n) is 4.94. The Kier molecular flexibility index (Phi) is 5.84. The molecule has 7 heteroatoms. The Labute approximate surface area is 181 Å². The number of ether oxygens (including phenoxy) is 1. The van der Waals surface area contributed by atoms with Crippen molar-refractivity contribution in [3.05, 3.63) is 83.6 Å². The van der Waals surface area contributed by atoms with Crippen LogP contribution in [0, 0.1) is 13.8 Å². The Morgan fingerprint density at radius 3 is 2.45 bits per heavy atom. The maximum Gasteiger partial charge on any atom is 0.276 e. The molecule has 0 aliphatic carbocycles. The number of amides is 1. The van der Waals surface area contributed by atoms with E-state index in [1.54, 1.807) is 4.68 Å². The van der Waals surface area contributed by atoms with Gasteiger partial charge in [0.05, 0.1) is 17.6 Å². The number of hydrogen-bond acceptors (Lipinski definition) is 5. The molecule has 0 bridgehead atoms. The minimum atomic E-state index is -0.267. The van der Waals surface area contributed by atoms with Crippen LogP contribution in [0.3, 0.4) is 0 Å². The fraction of sp³-hybridized carbons (Fsp3) is 0.208. The first-order valence-corrected chi connectivity index (χ1v) is 10.1. The third kappa shape index (κ3) is 4.66. The van der Waals surface area contributed by atoms with Gasteiger partial charge in [0, 0.05) is 12.7 Å². The smallest absolute Gasteiger partial charge is 0.276 e. The summed E-state index contributed by atoms with van der Waals surface area (Å²) in [5.74, 6) is 0.142. The number of para-hydroxylation sites is 1. The van der Waals surface area contributed by atoms with E-state index in [0.29, 0.717) is 12.4 Å². The molecule has 2 aromatic heterocycles. The Balaban J connectivity index is 1.49. The summed E-state index contributed by atoms with van der Waals surface area (Å²) in [4.78, 5) is 17.3. The number of anilines is 1. The van der Waals surface area contributed by atoms with Crippen LogP contribution >= 0.6 is 0 Å². The highest BCUT2D eigenvalue weighted by molar-refractivity contribution is 5.86. The van der Waals surface area contributed by atoms with Gasteiger partial charge in [0.15, 0.2) is 12.3 Å². The number of aromatic nitrogens is 3. The molecule has 0 fully saturated rings. The van der Waals surface area contributed by atoms with Crippen LogP contribution in [0.2, 0.25) is 0 Å². The van der Waals surface area contributed by atoms with Gasteiger partial charge in [-0.05, 0) is 43.2 Å². The molecule has 0 aliphatic heterocycles. The molecule has 1 amide bonds. The van der Waals surface area contributed by atoms with Crippen LogP contribution in [0.4, 0.5) is 5.69 Å². The summed E-state index contributed by atoms with van der Waals surface area (Å²) in [7, 11) is 1.82. The van der Waals surface area contributed by atoms with Crippen LogP contribution in [0.1, 0.15) is 16.8 Å². The van der Waals surface area contributed by atoms with E-state index in [1.165, 1.54) is 0 Å². The Morgan fingerprint density at radius 1 is 1.06 bits per heavy atom. The van der Waals surface area contributed by atoms with Crippen molar-refractivity contribution in [1.82, 2.24) is 20.2 Å². The number of pyridine rings is 1. The van der Waals surface area contributed by atoms with Gasteiger partial charge in [-0.25, -0.2) is 9.67 Å². The third-order valence-corrected chi connectivity index (χ3v) is 4.94. The summed E-state index contributed by atoms with van der Waals surface area (Å²) in [6, 6.07) is 21.7. The van der Waals surface area contributed by atoms with Crippen molar-refractivity contribution in [2.45, 2.75) is 20.4 Å². The van der Waals surface area contributed by atoms with Gasteiger partial charge in [-0.1, -0.05) is 48.5 Å². The highest BCUT2D eigenvalue weighted by Gasteiger charge is 2.17. The SMILES string of the molecule is Cc1cc(C)c2c(OCC(=O)NN(Cc3ccccc3)c3ccccc3)nn(C)c2n1. The number of benzene rings is 2. The second-order valence-corrected chi connectivity index (χ2v) is 7.44. The molecular formula is C24H25N5O2.